The van der Waals surface area contributed by atoms with Gasteiger partial charge >= 0.3 is 23.4 Å². The average Bonchev–Trinajstić information content (AvgIpc) is 3.35. The van der Waals surface area contributed by atoms with Gasteiger partial charge in [0.1, 0.15) is 30.2 Å². The summed E-state index contributed by atoms with van der Waals surface area (Å²) in [6, 6.07) is 0. The van der Waals surface area contributed by atoms with Crippen molar-refractivity contribution < 1.29 is 65.9 Å². The summed E-state index contributed by atoms with van der Waals surface area (Å²) in [5.41, 5.74) is 6.07. The van der Waals surface area contributed by atoms with Gasteiger partial charge in [-0.25, -0.2) is 33.7 Å². The molecule has 0 aromatic carbocycles. The molecule has 2 aromatic heterocycles. The summed E-state index contributed by atoms with van der Waals surface area (Å²) in [4.78, 5) is 40.9. The van der Waals surface area contributed by atoms with Crippen LogP contribution in [0, 0.1) is 0 Å². The van der Waals surface area contributed by atoms with Crippen LogP contribution < -0.4 is 10.8 Å². The lowest BCUT2D eigenvalue weighted by Crippen LogP contribution is -2.33. The molecule has 0 radical (unpaired) electrons. The fraction of sp³-hybridized carbons (Fsp3) is 0.667. The van der Waals surface area contributed by atoms with E-state index in [0.717, 1.165) is 6.33 Å². The number of aromatic nitrogens is 4. The predicted molar refractivity (Wildman–Crippen MR) is 124 cm³/mol. The molecular formula is C15H27N6O14P3. The van der Waals surface area contributed by atoms with E-state index in [0.29, 0.717) is 0 Å². The summed E-state index contributed by atoms with van der Waals surface area (Å²) in [7, 11) is -14.6. The number of ether oxygens (including phenoxy) is 3. The molecule has 0 amide bonds. The number of fused-ring (bicyclic) bond motifs is 1. The molecule has 4 unspecified atom stereocenters. The van der Waals surface area contributed by atoms with E-state index >= 15 is 0 Å². The van der Waals surface area contributed by atoms with Crippen LogP contribution in [0.2, 0.25) is 0 Å². The third-order valence-corrected chi connectivity index (χ3v) is 9.27. The van der Waals surface area contributed by atoms with Gasteiger partial charge < -0.3 is 44.8 Å². The smallest absolute Gasteiger partial charge is 0.387 e. The van der Waals surface area contributed by atoms with Gasteiger partial charge in [0.25, 0.3) is 0 Å². The van der Waals surface area contributed by atoms with Gasteiger partial charge in [-0.1, -0.05) is 0 Å². The number of nitrogen functional groups attached to an aromatic ring is 1. The highest BCUT2D eigenvalue weighted by molar-refractivity contribution is 7.67. The Balaban J connectivity index is 1.54. The van der Waals surface area contributed by atoms with Gasteiger partial charge in [-0.05, 0) is 0 Å². The molecule has 7 atom stereocenters. The second-order valence-electron chi connectivity index (χ2n) is 7.56. The summed E-state index contributed by atoms with van der Waals surface area (Å²) >= 11 is 0. The topological polar surface area (TPSA) is 289 Å². The highest BCUT2D eigenvalue weighted by Gasteiger charge is 2.47. The fourth-order valence-corrected chi connectivity index (χ4v) is 6.84. The summed E-state index contributed by atoms with van der Waals surface area (Å²) in [6.07, 6.45) is -3.63. The van der Waals surface area contributed by atoms with Crippen molar-refractivity contribution in [3.05, 3.63) is 12.7 Å². The first kappa shape index (κ1) is 31.1. The van der Waals surface area contributed by atoms with Gasteiger partial charge in [0, 0.05) is 13.7 Å². The van der Waals surface area contributed by atoms with E-state index < -0.39 is 54.5 Å². The monoisotopic (exact) mass is 608 g/mol. The summed E-state index contributed by atoms with van der Waals surface area (Å²) in [5.74, 6) is 0.0497. The van der Waals surface area contributed by atoms with Crippen molar-refractivity contribution in [2.75, 3.05) is 45.8 Å². The minimum absolute atomic E-state index is 0.0497. The van der Waals surface area contributed by atoms with Crippen LogP contribution in [0.25, 0.3) is 11.2 Å². The highest BCUT2D eigenvalue weighted by Crippen LogP contribution is 2.66. The van der Waals surface area contributed by atoms with Crippen molar-refractivity contribution in [2.45, 2.75) is 24.5 Å². The van der Waals surface area contributed by atoms with E-state index in [4.69, 9.17) is 19.9 Å². The quantitative estimate of drug-likeness (QED) is 0.0906. The zero-order valence-electron chi connectivity index (χ0n) is 19.6. The predicted octanol–water partition coefficient (Wildman–Crippen LogP) is -1.37. The number of aliphatic hydroxyl groups is 2. The van der Waals surface area contributed by atoms with Crippen molar-refractivity contribution in [1.29, 1.82) is 0 Å². The first-order valence-corrected chi connectivity index (χ1v) is 15.1. The van der Waals surface area contributed by atoms with Crippen molar-refractivity contribution in [2.24, 2.45) is 0 Å². The average molecular weight is 608 g/mol. The second-order valence-corrected chi connectivity index (χ2v) is 12.4. The molecule has 1 aliphatic rings. The van der Waals surface area contributed by atoms with E-state index in [9.17, 15) is 38.6 Å². The Morgan fingerprint density at radius 3 is 2.50 bits per heavy atom. The van der Waals surface area contributed by atoms with E-state index in [1.165, 1.54) is 18.0 Å². The molecule has 0 spiro atoms. The van der Waals surface area contributed by atoms with Gasteiger partial charge in [-0.15, -0.1) is 0 Å². The van der Waals surface area contributed by atoms with Crippen LogP contribution in [0.4, 0.5) is 5.82 Å². The van der Waals surface area contributed by atoms with Crippen LogP contribution in [0.3, 0.4) is 0 Å². The molecule has 216 valence electrons. The lowest BCUT2D eigenvalue weighted by molar-refractivity contribution is -0.0503. The van der Waals surface area contributed by atoms with E-state index in [1.807, 2.05) is 5.09 Å². The van der Waals surface area contributed by atoms with Gasteiger partial charge in [0.05, 0.1) is 32.8 Å². The number of hydrogen-bond acceptors (Lipinski definition) is 15. The van der Waals surface area contributed by atoms with Gasteiger partial charge in [-0.3, -0.25) is 9.09 Å². The maximum absolute atomic E-state index is 12.2. The molecule has 0 bridgehead atoms. The Morgan fingerprint density at radius 2 is 1.79 bits per heavy atom. The Labute approximate surface area is 214 Å². The first-order chi connectivity index (χ1) is 17.8. The second kappa shape index (κ2) is 12.8. The van der Waals surface area contributed by atoms with Gasteiger partial charge in [0.15, 0.2) is 17.7 Å². The Morgan fingerprint density at radius 1 is 1.05 bits per heavy atom. The van der Waals surface area contributed by atoms with Gasteiger partial charge in [0.2, 0.25) is 0 Å². The number of nitrogens with zero attached hydrogens (tertiary/aromatic N) is 4. The van der Waals surface area contributed by atoms with E-state index in [1.54, 1.807) is 0 Å². The molecule has 8 N–H and O–H groups in total. The third-order valence-electron chi connectivity index (χ3n) is 4.81. The van der Waals surface area contributed by atoms with Crippen LogP contribution in [-0.4, -0.2) is 103 Å². The van der Waals surface area contributed by atoms with Crippen LogP contribution in [0.5, 0.6) is 0 Å². The molecule has 20 nitrogen and oxygen atoms in total. The standard InChI is InChI=1S/C15H27N6O14P3/c1-30-4-5-31-3-2-20-36(24,25)34-38(28,29)35-37(26,27)32-6-9-11(22)12(23)15(33-9)21-8-19-10-13(16)17-7-18-14(10)21/h7-9,11-12,15,22-23H,2-6H2,1H3,(H,26,27)(H,28,29)(H2,16,17,18)(H2,20,24,25)/t9-,11?,12+,15-/m1/s1. The molecule has 3 heterocycles. The number of nitrogens with two attached hydrogens (primary N) is 1. The molecule has 3 rings (SSSR count). The Hall–Kier alpha value is -1.44. The number of methoxy groups -OCH3 is 1. The number of hydrogen-bond donors (Lipinski definition) is 7. The maximum atomic E-state index is 12.2. The van der Waals surface area contributed by atoms with Crippen LogP contribution >= 0.6 is 23.4 Å². The Kier molecular flexibility index (Phi) is 10.5. The van der Waals surface area contributed by atoms with Gasteiger partial charge in [-0.2, -0.15) is 8.62 Å². The zero-order chi connectivity index (χ0) is 28.1. The lowest BCUT2D eigenvalue weighted by atomic mass is 10.1. The number of aliphatic hydroxyl groups excluding tert-OH is 2. The molecule has 38 heavy (non-hydrogen) atoms. The largest absolute Gasteiger partial charge is 0.489 e. The molecule has 0 saturated carbocycles. The third kappa shape index (κ3) is 8.28. The molecule has 0 aliphatic carbocycles. The number of phosphoric acid groups is 2. The summed E-state index contributed by atoms with van der Waals surface area (Å²) < 4.78 is 65.3. The zero-order valence-corrected chi connectivity index (χ0v) is 22.3. The molecule has 1 aliphatic heterocycles. The number of nitrogens with one attached hydrogen (secondary N) is 1. The first-order valence-electron chi connectivity index (χ1n) is 10.6. The van der Waals surface area contributed by atoms with E-state index in [2.05, 4.69) is 28.1 Å². The SMILES string of the molecule is COCCOCCNP(=O)(O)OP(=O)(O)OP(=O)(O)OC[C@H]1O[C@@H](n2cnc3c(N)ncnc32)[C@@H](O)C1O. The van der Waals surface area contributed by atoms with Crippen molar-refractivity contribution in [3.8, 4) is 0 Å². The molecule has 23 heteroatoms. The van der Waals surface area contributed by atoms with Crippen molar-refractivity contribution in [3.63, 3.8) is 0 Å². The van der Waals surface area contributed by atoms with Crippen molar-refractivity contribution >= 4 is 40.4 Å². The lowest BCUT2D eigenvalue weighted by Gasteiger charge is -2.20. The highest BCUT2D eigenvalue weighted by atomic mass is 31.3. The Bertz CT molecular complexity index is 1230. The number of imidazole rings is 1. The maximum Gasteiger partial charge on any atom is 0.489 e. The summed E-state index contributed by atoms with van der Waals surface area (Å²) in [5, 5.41) is 22.6. The molecule has 1 saturated heterocycles. The van der Waals surface area contributed by atoms with Crippen LogP contribution in [0.15, 0.2) is 12.7 Å². The minimum Gasteiger partial charge on any atom is -0.387 e. The molecule has 1 fully saturated rings. The normalized spacial score (nSPS) is 26.7. The number of anilines is 1. The summed E-state index contributed by atoms with van der Waals surface area (Å²) in [6.45, 7) is -0.871. The number of rotatable bonds is 15. The minimum atomic E-state index is -5.64. The van der Waals surface area contributed by atoms with Crippen molar-refractivity contribution in [1.82, 2.24) is 24.6 Å². The molecular weight excluding hydrogens is 581 g/mol. The fourth-order valence-electron chi connectivity index (χ4n) is 3.16. The number of phosphoric ester groups is 1. The molecule has 2 aromatic rings. The van der Waals surface area contributed by atoms with E-state index in [-0.39, 0.29) is 43.3 Å². The van der Waals surface area contributed by atoms with Crippen LogP contribution in [0.1, 0.15) is 6.23 Å². The van der Waals surface area contributed by atoms with Crippen LogP contribution in [-0.2, 0) is 41.1 Å².